The van der Waals surface area contributed by atoms with E-state index in [0.29, 0.717) is 17.9 Å². The number of benzene rings is 2. The van der Waals surface area contributed by atoms with E-state index in [2.05, 4.69) is 0 Å². The van der Waals surface area contributed by atoms with Crippen molar-refractivity contribution >= 4 is 58.4 Å². The molecular formula is C21H18Cl2N2O3S. The Morgan fingerprint density at radius 3 is 2.03 bits per heavy atom. The number of thiocarbonyl (C=S) groups is 1. The topological polar surface area (TPSA) is 49.9 Å². The van der Waals surface area contributed by atoms with Crippen molar-refractivity contribution in [2.45, 2.75) is 13.5 Å². The van der Waals surface area contributed by atoms with Crippen molar-refractivity contribution in [3.05, 3.63) is 68.7 Å². The zero-order valence-electron chi connectivity index (χ0n) is 16.0. The molecule has 8 heteroatoms. The van der Waals surface area contributed by atoms with Crippen LogP contribution < -0.4 is 4.74 Å². The van der Waals surface area contributed by atoms with Crippen LogP contribution in [0.3, 0.4) is 0 Å². The molecule has 0 bridgehead atoms. The van der Waals surface area contributed by atoms with E-state index in [1.807, 2.05) is 31.2 Å². The Bertz CT molecular complexity index is 986. The molecule has 1 heterocycles. The number of likely N-dealkylation sites (N-methyl/N-ethyl adjacent to an activating group) is 2. The van der Waals surface area contributed by atoms with Gasteiger partial charge in [0.05, 0.1) is 10.0 Å². The van der Waals surface area contributed by atoms with Crippen LogP contribution in [0.15, 0.2) is 42.0 Å². The van der Waals surface area contributed by atoms with Gasteiger partial charge in [0.1, 0.15) is 12.2 Å². The molecule has 0 spiro atoms. The second kappa shape index (κ2) is 8.53. The molecular weight excluding hydrogens is 431 g/mol. The number of carbonyl (C=O) groups is 2. The minimum absolute atomic E-state index is 0.0240. The van der Waals surface area contributed by atoms with Gasteiger partial charge < -0.3 is 4.74 Å². The standard InChI is InChI=1S/C21H18Cl2N2O3S/c1-12-4-6-13(7-5-12)11-28-18-16(22)9-14(10-17(18)23)8-15-19(26)24(2)21(29)25(3)20(15)27/h4-10H,11H2,1-3H3. The molecule has 1 fully saturated rings. The van der Waals surface area contributed by atoms with Crippen LogP contribution in [0.4, 0.5) is 0 Å². The van der Waals surface area contributed by atoms with E-state index in [1.54, 1.807) is 12.1 Å². The molecule has 150 valence electrons. The van der Waals surface area contributed by atoms with Gasteiger partial charge in [0.15, 0.2) is 10.9 Å². The average Bonchev–Trinajstić information content (AvgIpc) is 2.69. The fourth-order valence-corrected chi connectivity index (χ4v) is 3.56. The molecule has 0 atom stereocenters. The van der Waals surface area contributed by atoms with Crippen molar-refractivity contribution in [2.75, 3.05) is 14.1 Å². The monoisotopic (exact) mass is 448 g/mol. The first kappa shape index (κ1) is 21.3. The van der Waals surface area contributed by atoms with E-state index < -0.39 is 11.8 Å². The number of amides is 2. The predicted molar refractivity (Wildman–Crippen MR) is 118 cm³/mol. The van der Waals surface area contributed by atoms with Gasteiger partial charge in [-0.25, -0.2) is 0 Å². The van der Waals surface area contributed by atoms with Crippen molar-refractivity contribution < 1.29 is 14.3 Å². The highest BCUT2D eigenvalue weighted by Crippen LogP contribution is 2.35. The van der Waals surface area contributed by atoms with Crippen LogP contribution in [0.5, 0.6) is 5.75 Å². The van der Waals surface area contributed by atoms with Gasteiger partial charge in [-0.1, -0.05) is 53.0 Å². The number of hydrogen-bond donors (Lipinski definition) is 0. The molecule has 0 N–H and O–H groups in total. The van der Waals surface area contributed by atoms with Crippen LogP contribution >= 0.6 is 35.4 Å². The summed E-state index contributed by atoms with van der Waals surface area (Å²) in [6.07, 6.45) is 1.45. The lowest BCUT2D eigenvalue weighted by Crippen LogP contribution is -2.52. The van der Waals surface area contributed by atoms with Crippen LogP contribution in [-0.4, -0.2) is 40.8 Å². The largest absolute Gasteiger partial charge is 0.486 e. The summed E-state index contributed by atoms with van der Waals surface area (Å²) in [5.74, 6) is -0.622. The molecule has 1 aliphatic rings. The minimum atomic E-state index is -0.481. The maximum absolute atomic E-state index is 12.4. The van der Waals surface area contributed by atoms with E-state index in [1.165, 1.54) is 30.0 Å². The van der Waals surface area contributed by atoms with E-state index in [9.17, 15) is 9.59 Å². The first-order valence-electron chi connectivity index (χ1n) is 8.68. The van der Waals surface area contributed by atoms with Crippen molar-refractivity contribution in [1.29, 1.82) is 0 Å². The van der Waals surface area contributed by atoms with Gasteiger partial charge in [-0.05, 0) is 48.5 Å². The van der Waals surface area contributed by atoms with E-state index in [4.69, 9.17) is 40.2 Å². The molecule has 3 rings (SSSR count). The van der Waals surface area contributed by atoms with Gasteiger partial charge in [-0.15, -0.1) is 0 Å². The predicted octanol–water partition coefficient (Wildman–Crippen LogP) is 4.48. The summed E-state index contributed by atoms with van der Waals surface area (Å²) in [5.41, 5.74) is 2.62. The van der Waals surface area contributed by atoms with Crippen LogP contribution in [0.2, 0.25) is 10.0 Å². The summed E-state index contributed by atoms with van der Waals surface area (Å²) < 4.78 is 5.78. The Labute approximate surface area is 184 Å². The summed E-state index contributed by atoms with van der Waals surface area (Å²) in [4.78, 5) is 27.4. The Morgan fingerprint density at radius 1 is 1.00 bits per heavy atom. The normalized spacial score (nSPS) is 14.5. The molecule has 0 saturated carbocycles. The Hall–Kier alpha value is -2.41. The van der Waals surface area contributed by atoms with E-state index >= 15 is 0 Å². The number of hydrogen-bond acceptors (Lipinski definition) is 4. The molecule has 2 amide bonds. The molecule has 29 heavy (non-hydrogen) atoms. The quantitative estimate of drug-likeness (QED) is 0.393. The summed E-state index contributed by atoms with van der Waals surface area (Å²) >= 11 is 17.8. The second-order valence-electron chi connectivity index (χ2n) is 6.66. The highest BCUT2D eigenvalue weighted by atomic mass is 35.5. The van der Waals surface area contributed by atoms with Gasteiger partial charge >= 0.3 is 0 Å². The van der Waals surface area contributed by atoms with Crippen LogP contribution in [0.25, 0.3) is 6.08 Å². The number of aryl methyl sites for hydroxylation is 1. The molecule has 0 aliphatic carbocycles. The van der Waals surface area contributed by atoms with E-state index in [0.717, 1.165) is 11.1 Å². The minimum Gasteiger partial charge on any atom is -0.486 e. The first-order chi connectivity index (χ1) is 13.7. The third kappa shape index (κ3) is 4.45. The van der Waals surface area contributed by atoms with Crippen LogP contribution in [0.1, 0.15) is 16.7 Å². The van der Waals surface area contributed by atoms with Crippen LogP contribution in [-0.2, 0) is 16.2 Å². The molecule has 0 unspecified atom stereocenters. The highest BCUT2D eigenvalue weighted by Gasteiger charge is 2.35. The highest BCUT2D eigenvalue weighted by molar-refractivity contribution is 7.80. The Morgan fingerprint density at radius 2 is 1.52 bits per heavy atom. The average molecular weight is 449 g/mol. The summed E-state index contributed by atoms with van der Waals surface area (Å²) in [6, 6.07) is 11.1. The van der Waals surface area contributed by atoms with Crippen molar-refractivity contribution in [1.82, 2.24) is 9.80 Å². The molecule has 2 aromatic rings. The van der Waals surface area contributed by atoms with Gasteiger partial charge in [0, 0.05) is 14.1 Å². The zero-order valence-corrected chi connectivity index (χ0v) is 18.4. The lowest BCUT2D eigenvalue weighted by Gasteiger charge is -2.31. The molecule has 2 aromatic carbocycles. The van der Waals surface area contributed by atoms with Crippen molar-refractivity contribution in [3.8, 4) is 5.75 Å². The van der Waals surface area contributed by atoms with E-state index in [-0.39, 0.29) is 20.7 Å². The third-order valence-electron chi connectivity index (χ3n) is 4.48. The SMILES string of the molecule is Cc1ccc(COc2c(Cl)cc(C=C3C(=O)N(C)C(=S)N(C)C3=O)cc2Cl)cc1. The lowest BCUT2D eigenvalue weighted by molar-refractivity contribution is -0.132. The number of halogens is 2. The van der Waals surface area contributed by atoms with Gasteiger partial charge in [-0.2, -0.15) is 0 Å². The maximum atomic E-state index is 12.4. The third-order valence-corrected chi connectivity index (χ3v) is 5.59. The fraction of sp³-hybridized carbons (Fsp3) is 0.190. The number of nitrogens with zero attached hydrogens (tertiary/aromatic N) is 2. The summed E-state index contributed by atoms with van der Waals surface area (Å²) in [6.45, 7) is 2.32. The Balaban J connectivity index is 1.86. The number of ether oxygens (including phenoxy) is 1. The molecule has 1 saturated heterocycles. The summed E-state index contributed by atoms with van der Waals surface area (Å²) in [5, 5.41) is 0.710. The van der Waals surface area contributed by atoms with Gasteiger partial charge in [-0.3, -0.25) is 19.4 Å². The first-order valence-corrected chi connectivity index (χ1v) is 9.84. The molecule has 1 aliphatic heterocycles. The van der Waals surface area contributed by atoms with Crippen LogP contribution in [0, 0.1) is 6.92 Å². The molecule has 5 nitrogen and oxygen atoms in total. The summed E-state index contributed by atoms with van der Waals surface area (Å²) in [7, 11) is 3.03. The zero-order chi connectivity index (χ0) is 21.3. The Kier molecular flexibility index (Phi) is 6.27. The number of rotatable bonds is 4. The second-order valence-corrected chi connectivity index (χ2v) is 7.84. The molecule has 0 aromatic heterocycles. The molecule has 0 radical (unpaired) electrons. The van der Waals surface area contributed by atoms with Gasteiger partial charge in [0.2, 0.25) is 0 Å². The van der Waals surface area contributed by atoms with Crippen molar-refractivity contribution in [3.63, 3.8) is 0 Å². The maximum Gasteiger partial charge on any atom is 0.265 e. The van der Waals surface area contributed by atoms with Gasteiger partial charge in [0.25, 0.3) is 11.8 Å². The lowest BCUT2D eigenvalue weighted by atomic mass is 10.1. The smallest absolute Gasteiger partial charge is 0.265 e. The van der Waals surface area contributed by atoms with Crippen molar-refractivity contribution in [2.24, 2.45) is 0 Å². The number of carbonyl (C=O) groups excluding carboxylic acids is 2. The fourth-order valence-electron chi connectivity index (χ4n) is 2.78.